The second-order valence-electron chi connectivity index (χ2n) is 10.6. The number of benzene rings is 2. The molecule has 1 atom stereocenters. The van der Waals surface area contributed by atoms with E-state index in [9.17, 15) is 9.18 Å². The van der Waals surface area contributed by atoms with Crippen LogP contribution < -0.4 is 4.74 Å². The molecule has 2 aromatic carbocycles. The molecule has 0 aliphatic carbocycles. The molecule has 0 radical (unpaired) electrons. The van der Waals surface area contributed by atoms with Crippen LogP contribution in [0.25, 0.3) is 11.0 Å². The fourth-order valence-electron chi connectivity index (χ4n) is 5.44. The molecule has 2 saturated heterocycles. The second kappa shape index (κ2) is 12.2. The van der Waals surface area contributed by atoms with Gasteiger partial charge in [0.25, 0.3) is 0 Å². The van der Waals surface area contributed by atoms with Crippen LogP contribution in [0.4, 0.5) is 4.39 Å². The topological polar surface area (TPSA) is 115 Å². The maximum absolute atomic E-state index is 14.2. The molecule has 0 unspecified atom stereocenters. The normalized spacial score (nSPS) is 17.5. The van der Waals surface area contributed by atoms with Crippen LogP contribution in [0.1, 0.15) is 58.3 Å². The quantitative estimate of drug-likeness (QED) is 0.271. The molecule has 2 aliphatic rings. The van der Waals surface area contributed by atoms with Gasteiger partial charge in [-0.2, -0.15) is 10.2 Å². The number of ether oxygens (including phenoxy) is 3. The predicted octanol–water partition coefficient (Wildman–Crippen LogP) is 4.37. The van der Waals surface area contributed by atoms with E-state index in [0.29, 0.717) is 30.1 Å². The van der Waals surface area contributed by atoms with Gasteiger partial charge in [0, 0.05) is 30.4 Å². The van der Waals surface area contributed by atoms with Crippen molar-refractivity contribution in [2.24, 2.45) is 0 Å². The Morgan fingerprint density at radius 3 is 2.69 bits per heavy atom. The van der Waals surface area contributed by atoms with Gasteiger partial charge >= 0.3 is 5.97 Å². The Labute approximate surface area is 242 Å². The molecule has 0 bridgehead atoms. The smallest absolute Gasteiger partial charge is 0.337 e. The first-order chi connectivity index (χ1) is 20.5. The van der Waals surface area contributed by atoms with E-state index in [-0.39, 0.29) is 30.2 Å². The van der Waals surface area contributed by atoms with Crippen molar-refractivity contribution in [2.75, 3.05) is 26.8 Å². The number of hydrogen-bond donors (Lipinski definition) is 0. The number of aromatic nitrogens is 4. The first-order valence-corrected chi connectivity index (χ1v) is 14.1. The number of imidazole rings is 1. The average molecular weight is 571 g/mol. The number of nitrogens with zero attached hydrogens (tertiary/aromatic N) is 6. The summed E-state index contributed by atoms with van der Waals surface area (Å²) in [5, 5.41) is 8.93. The summed E-state index contributed by atoms with van der Waals surface area (Å²) >= 11 is 0. The summed E-state index contributed by atoms with van der Waals surface area (Å²) in [4.78, 5) is 28.6. The molecule has 0 N–H and O–H groups in total. The van der Waals surface area contributed by atoms with Gasteiger partial charge in [0.05, 0.1) is 54.5 Å². The van der Waals surface area contributed by atoms with Gasteiger partial charge in [-0.25, -0.2) is 19.2 Å². The Bertz CT molecular complexity index is 1640. The average Bonchev–Trinajstić information content (AvgIpc) is 3.34. The molecule has 6 rings (SSSR count). The Kier molecular flexibility index (Phi) is 8.08. The monoisotopic (exact) mass is 570 g/mol. The van der Waals surface area contributed by atoms with E-state index >= 15 is 0 Å². The summed E-state index contributed by atoms with van der Waals surface area (Å²) in [6.07, 6.45) is 4.59. The Morgan fingerprint density at radius 2 is 1.98 bits per heavy atom. The molecule has 0 amide bonds. The van der Waals surface area contributed by atoms with Gasteiger partial charge in [-0.3, -0.25) is 4.90 Å². The molecule has 11 heteroatoms. The lowest BCUT2D eigenvalue weighted by atomic mass is 9.96. The summed E-state index contributed by atoms with van der Waals surface area (Å²) in [5.74, 6) is 1.39. The summed E-state index contributed by atoms with van der Waals surface area (Å²) in [5.41, 5.74) is 2.88. The molecular weight excluding hydrogens is 539 g/mol. The molecule has 10 nitrogen and oxygen atoms in total. The zero-order valence-corrected chi connectivity index (χ0v) is 23.3. The lowest BCUT2D eigenvalue weighted by molar-refractivity contribution is -0.0592. The molecule has 4 heterocycles. The first kappa shape index (κ1) is 27.8. The van der Waals surface area contributed by atoms with Gasteiger partial charge in [-0.05, 0) is 62.7 Å². The SMILES string of the molecule is COC(=O)c1ccc2nc(CN3CCC(c4nccc(OCc5ccc(C#N)cc5F)n4)CC3)n(C[C@@H]3CCO3)c2c1. The second-order valence-corrected chi connectivity index (χ2v) is 10.6. The number of esters is 1. The number of piperidine rings is 1. The van der Waals surface area contributed by atoms with Gasteiger partial charge in [0.2, 0.25) is 5.88 Å². The Morgan fingerprint density at radius 1 is 1.14 bits per heavy atom. The number of hydrogen-bond acceptors (Lipinski definition) is 9. The fraction of sp³-hybridized carbons (Fsp3) is 0.387. The van der Waals surface area contributed by atoms with Crippen LogP contribution in [0.5, 0.6) is 5.88 Å². The van der Waals surface area contributed by atoms with Crippen molar-refractivity contribution in [1.82, 2.24) is 24.4 Å². The number of halogens is 1. The van der Waals surface area contributed by atoms with Crippen molar-refractivity contribution in [3.05, 3.63) is 82.8 Å². The number of carbonyl (C=O) groups excluding carboxylic acids is 1. The summed E-state index contributed by atoms with van der Waals surface area (Å²) in [7, 11) is 1.38. The van der Waals surface area contributed by atoms with Gasteiger partial charge in [-0.15, -0.1) is 0 Å². The number of fused-ring (bicyclic) bond motifs is 1. The predicted molar refractivity (Wildman–Crippen MR) is 150 cm³/mol. The lowest BCUT2D eigenvalue weighted by Crippen LogP contribution is -2.35. The minimum absolute atomic E-state index is 0.0143. The highest BCUT2D eigenvalue weighted by Gasteiger charge is 2.27. The molecule has 2 fully saturated rings. The molecule has 42 heavy (non-hydrogen) atoms. The third-order valence-corrected chi connectivity index (χ3v) is 7.95. The van der Waals surface area contributed by atoms with Crippen LogP contribution in [0.3, 0.4) is 0 Å². The van der Waals surface area contributed by atoms with Crippen LogP contribution in [-0.2, 0) is 29.2 Å². The summed E-state index contributed by atoms with van der Waals surface area (Å²) in [6.45, 7) is 3.87. The molecule has 216 valence electrons. The highest BCUT2D eigenvalue weighted by Crippen LogP contribution is 2.29. The molecule has 4 aromatic rings. The third kappa shape index (κ3) is 5.95. The molecular formula is C31H31FN6O4. The van der Waals surface area contributed by atoms with Crippen molar-refractivity contribution in [2.45, 2.75) is 51.0 Å². The van der Waals surface area contributed by atoms with Crippen LogP contribution in [-0.4, -0.2) is 63.3 Å². The van der Waals surface area contributed by atoms with Crippen LogP contribution in [0, 0.1) is 17.1 Å². The van der Waals surface area contributed by atoms with Gasteiger partial charge < -0.3 is 18.8 Å². The molecule has 0 spiro atoms. The van der Waals surface area contributed by atoms with Crippen LogP contribution in [0.2, 0.25) is 0 Å². The first-order valence-electron chi connectivity index (χ1n) is 14.1. The van der Waals surface area contributed by atoms with E-state index in [1.165, 1.54) is 13.2 Å². The summed E-state index contributed by atoms with van der Waals surface area (Å²) < 4.78 is 32.8. The number of carbonyl (C=O) groups is 1. The van der Waals surface area contributed by atoms with E-state index in [0.717, 1.165) is 61.6 Å². The fourth-order valence-corrected chi connectivity index (χ4v) is 5.44. The van der Waals surface area contributed by atoms with Crippen molar-refractivity contribution in [3.8, 4) is 11.9 Å². The zero-order valence-electron chi connectivity index (χ0n) is 23.3. The van der Waals surface area contributed by atoms with Gasteiger partial charge in [0.15, 0.2) is 0 Å². The van der Waals surface area contributed by atoms with Crippen molar-refractivity contribution < 1.29 is 23.4 Å². The third-order valence-electron chi connectivity index (χ3n) is 7.95. The number of nitriles is 1. The minimum atomic E-state index is -0.478. The molecule has 0 saturated carbocycles. The van der Waals surface area contributed by atoms with Crippen molar-refractivity contribution >= 4 is 17.0 Å². The van der Waals surface area contributed by atoms with Crippen molar-refractivity contribution in [3.63, 3.8) is 0 Å². The van der Waals surface area contributed by atoms with E-state index in [2.05, 4.69) is 19.4 Å². The highest BCUT2D eigenvalue weighted by molar-refractivity contribution is 5.93. The van der Waals surface area contributed by atoms with E-state index in [4.69, 9.17) is 24.5 Å². The zero-order chi connectivity index (χ0) is 29.1. The van der Waals surface area contributed by atoms with Gasteiger partial charge in [-0.1, -0.05) is 6.07 Å². The Balaban J connectivity index is 1.10. The molecule has 2 aliphatic heterocycles. The van der Waals surface area contributed by atoms with Crippen LogP contribution >= 0.6 is 0 Å². The van der Waals surface area contributed by atoms with E-state index in [1.807, 2.05) is 18.2 Å². The Hall–Kier alpha value is -4.40. The molecule has 2 aromatic heterocycles. The standard InChI is InChI=1S/C31H31FN6O4/c1-40-31(39)22-4-5-26-27(15-22)38(17-24-9-13-41-24)28(35-26)18-37-11-7-21(8-12-37)30-34-10-6-29(36-30)42-19-23-3-2-20(16-33)14-25(23)32/h2-6,10,14-15,21,24H,7-9,11-13,17-19H2,1H3/t24-/m0/s1. The van der Waals surface area contributed by atoms with Gasteiger partial charge in [0.1, 0.15) is 24.1 Å². The maximum Gasteiger partial charge on any atom is 0.337 e. The number of rotatable bonds is 9. The lowest BCUT2D eigenvalue weighted by Gasteiger charge is -2.32. The largest absolute Gasteiger partial charge is 0.473 e. The maximum atomic E-state index is 14.2. The van der Waals surface area contributed by atoms with Crippen molar-refractivity contribution in [1.29, 1.82) is 5.26 Å². The highest BCUT2D eigenvalue weighted by atomic mass is 19.1. The minimum Gasteiger partial charge on any atom is -0.473 e. The van der Waals surface area contributed by atoms with Crippen LogP contribution in [0.15, 0.2) is 48.7 Å². The number of likely N-dealkylation sites (tertiary alicyclic amines) is 1. The number of methoxy groups -OCH3 is 1. The summed E-state index contributed by atoms with van der Waals surface area (Å²) in [6, 6.07) is 13.4. The van der Waals surface area contributed by atoms with E-state index in [1.54, 1.807) is 30.5 Å². The van der Waals surface area contributed by atoms with E-state index < -0.39 is 5.82 Å².